The molecular weight excluding hydrogens is 372 g/mol. The van der Waals surface area contributed by atoms with Crippen molar-refractivity contribution in [1.82, 2.24) is 0 Å². The van der Waals surface area contributed by atoms with Gasteiger partial charge in [-0.1, -0.05) is 18.2 Å². The number of ether oxygens (including phenoxy) is 1. The van der Waals surface area contributed by atoms with E-state index in [1.165, 1.54) is 12.8 Å². The lowest BCUT2D eigenvalue weighted by Gasteiger charge is -2.20. The Kier molecular flexibility index (Phi) is 6.18. The summed E-state index contributed by atoms with van der Waals surface area (Å²) in [5, 5.41) is 3.40. The molecule has 0 atom stereocenters. The standard InChI is InChI=1S/C22H30N2O3S/c1-22(2,3)28(25,26)24-18-13-11-17(12-14-18)16-23-19-7-6-10-21(15-19)27-20-8-4-5-9-20/h6-7,10-15,20,23-24H,4-5,8-9,16H2,1-3H3. The molecule has 152 valence electrons. The summed E-state index contributed by atoms with van der Waals surface area (Å²) in [7, 11) is -3.41. The number of nitrogens with one attached hydrogen (secondary N) is 2. The highest BCUT2D eigenvalue weighted by Gasteiger charge is 2.28. The molecule has 0 aromatic heterocycles. The van der Waals surface area contributed by atoms with Crippen molar-refractivity contribution in [1.29, 1.82) is 0 Å². The summed E-state index contributed by atoms with van der Waals surface area (Å²) in [6.07, 6.45) is 5.14. The van der Waals surface area contributed by atoms with Gasteiger partial charge in [-0.2, -0.15) is 0 Å². The van der Waals surface area contributed by atoms with Crippen LogP contribution in [0.5, 0.6) is 5.75 Å². The molecule has 2 aromatic carbocycles. The molecule has 5 nitrogen and oxygen atoms in total. The molecule has 0 heterocycles. The average molecular weight is 403 g/mol. The van der Waals surface area contributed by atoms with Crippen molar-refractivity contribution in [3.63, 3.8) is 0 Å². The summed E-state index contributed by atoms with van der Waals surface area (Å²) >= 11 is 0. The van der Waals surface area contributed by atoms with E-state index in [1.54, 1.807) is 32.9 Å². The van der Waals surface area contributed by atoms with E-state index in [2.05, 4.69) is 10.0 Å². The predicted octanol–water partition coefficient (Wildman–Crippen LogP) is 5.16. The van der Waals surface area contributed by atoms with Crippen LogP contribution in [0.4, 0.5) is 11.4 Å². The fraction of sp³-hybridized carbons (Fsp3) is 0.455. The van der Waals surface area contributed by atoms with Gasteiger partial charge < -0.3 is 10.1 Å². The molecule has 1 fully saturated rings. The Morgan fingerprint density at radius 1 is 1.00 bits per heavy atom. The zero-order chi connectivity index (χ0) is 20.2. The number of benzene rings is 2. The topological polar surface area (TPSA) is 67.4 Å². The summed E-state index contributed by atoms with van der Waals surface area (Å²) in [5.41, 5.74) is 2.65. The smallest absolute Gasteiger partial charge is 0.237 e. The van der Waals surface area contributed by atoms with E-state index in [0.29, 0.717) is 18.3 Å². The molecule has 0 unspecified atom stereocenters. The molecule has 0 spiro atoms. The summed E-state index contributed by atoms with van der Waals surface area (Å²) in [6, 6.07) is 15.5. The van der Waals surface area contributed by atoms with Gasteiger partial charge in [0.1, 0.15) is 5.75 Å². The minimum Gasteiger partial charge on any atom is -0.490 e. The van der Waals surface area contributed by atoms with Gasteiger partial charge in [0, 0.05) is 24.0 Å². The first-order valence-corrected chi connectivity index (χ1v) is 11.3. The second kappa shape index (κ2) is 8.43. The quantitative estimate of drug-likeness (QED) is 0.671. The molecule has 0 amide bonds. The second-order valence-electron chi connectivity index (χ2n) is 8.32. The number of rotatable bonds is 7. The van der Waals surface area contributed by atoms with Gasteiger partial charge in [-0.3, -0.25) is 4.72 Å². The Hall–Kier alpha value is -2.21. The normalized spacial score (nSPS) is 15.4. The molecule has 3 rings (SSSR count). The van der Waals surface area contributed by atoms with Crippen LogP contribution in [0.2, 0.25) is 0 Å². The van der Waals surface area contributed by atoms with E-state index >= 15 is 0 Å². The molecule has 2 N–H and O–H groups in total. The van der Waals surface area contributed by atoms with Gasteiger partial charge in [0.15, 0.2) is 0 Å². The fourth-order valence-electron chi connectivity index (χ4n) is 3.08. The molecule has 0 aliphatic heterocycles. The average Bonchev–Trinajstić information content (AvgIpc) is 3.13. The lowest BCUT2D eigenvalue weighted by atomic mass is 10.2. The monoisotopic (exact) mass is 402 g/mol. The minimum atomic E-state index is -3.41. The van der Waals surface area contributed by atoms with Crippen LogP contribution < -0.4 is 14.8 Å². The van der Waals surface area contributed by atoms with Crippen molar-refractivity contribution in [2.75, 3.05) is 10.0 Å². The molecule has 2 aromatic rings. The van der Waals surface area contributed by atoms with Crippen LogP contribution in [-0.2, 0) is 16.6 Å². The van der Waals surface area contributed by atoms with Crippen LogP contribution >= 0.6 is 0 Å². The molecule has 0 bridgehead atoms. The van der Waals surface area contributed by atoms with Gasteiger partial charge in [0.2, 0.25) is 10.0 Å². The largest absolute Gasteiger partial charge is 0.490 e. The third-order valence-electron chi connectivity index (χ3n) is 4.95. The zero-order valence-corrected chi connectivity index (χ0v) is 17.7. The summed E-state index contributed by atoms with van der Waals surface area (Å²) in [6.45, 7) is 5.69. The van der Waals surface area contributed by atoms with Crippen molar-refractivity contribution >= 4 is 21.4 Å². The molecule has 1 aliphatic carbocycles. The van der Waals surface area contributed by atoms with Crippen LogP contribution in [0, 0.1) is 0 Å². The third-order valence-corrected chi connectivity index (χ3v) is 7.06. The van der Waals surface area contributed by atoms with E-state index in [9.17, 15) is 8.42 Å². The SMILES string of the molecule is CC(C)(C)S(=O)(=O)Nc1ccc(CNc2cccc(OC3CCCC3)c2)cc1. The molecule has 0 saturated heterocycles. The van der Waals surface area contributed by atoms with E-state index < -0.39 is 14.8 Å². The Morgan fingerprint density at radius 2 is 1.68 bits per heavy atom. The molecule has 1 saturated carbocycles. The maximum absolute atomic E-state index is 12.2. The van der Waals surface area contributed by atoms with E-state index in [4.69, 9.17) is 4.74 Å². The highest BCUT2D eigenvalue weighted by atomic mass is 32.2. The summed E-state index contributed by atoms with van der Waals surface area (Å²) in [4.78, 5) is 0. The highest BCUT2D eigenvalue weighted by molar-refractivity contribution is 7.94. The van der Waals surface area contributed by atoms with Gasteiger partial charge in [0.05, 0.1) is 10.9 Å². The lowest BCUT2D eigenvalue weighted by molar-refractivity contribution is 0.210. The second-order valence-corrected chi connectivity index (χ2v) is 10.8. The van der Waals surface area contributed by atoms with Crippen LogP contribution in [0.1, 0.15) is 52.0 Å². The number of hydrogen-bond acceptors (Lipinski definition) is 4. The molecule has 1 aliphatic rings. The molecular formula is C22H30N2O3S. The van der Waals surface area contributed by atoms with Gasteiger partial charge >= 0.3 is 0 Å². The van der Waals surface area contributed by atoms with Crippen molar-refractivity contribution in [2.45, 2.75) is 63.9 Å². The first-order chi connectivity index (χ1) is 13.2. The van der Waals surface area contributed by atoms with Gasteiger partial charge in [0.25, 0.3) is 0 Å². The van der Waals surface area contributed by atoms with E-state index in [1.807, 2.05) is 36.4 Å². The number of hydrogen-bond donors (Lipinski definition) is 2. The predicted molar refractivity (Wildman–Crippen MR) is 115 cm³/mol. The summed E-state index contributed by atoms with van der Waals surface area (Å²) in [5.74, 6) is 0.906. The first-order valence-electron chi connectivity index (χ1n) is 9.85. The van der Waals surface area contributed by atoms with Gasteiger partial charge in [-0.15, -0.1) is 0 Å². The molecule has 6 heteroatoms. The van der Waals surface area contributed by atoms with E-state index in [-0.39, 0.29) is 0 Å². The van der Waals surface area contributed by atoms with Crippen LogP contribution in [0.3, 0.4) is 0 Å². The van der Waals surface area contributed by atoms with Crippen LogP contribution in [0.25, 0.3) is 0 Å². The van der Waals surface area contributed by atoms with Gasteiger partial charge in [-0.05, 0) is 76.3 Å². The van der Waals surface area contributed by atoms with E-state index in [0.717, 1.165) is 29.8 Å². The van der Waals surface area contributed by atoms with Gasteiger partial charge in [-0.25, -0.2) is 8.42 Å². The van der Waals surface area contributed by atoms with Crippen molar-refractivity contribution in [3.8, 4) is 5.75 Å². The zero-order valence-electron chi connectivity index (χ0n) is 16.9. The maximum Gasteiger partial charge on any atom is 0.237 e. The summed E-state index contributed by atoms with van der Waals surface area (Å²) < 4.78 is 32.3. The maximum atomic E-state index is 12.2. The number of anilines is 2. The van der Waals surface area contributed by atoms with Crippen molar-refractivity contribution in [3.05, 3.63) is 54.1 Å². The van der Waals surface area contributed by atoms with Crippen molar-refractivity contribution < 1.29 is 13.2 Å². The number of sulfonamides is 1. The highest BCUT2D eigenvalue weighted by Crippen LogP contribution is 2.26. The lowest BCUT2D eigenvalue weighted by Crippen LogP contribution is -2.33. The Balaban J connectivity index is 1.56. The van der Waals surface area contributed by atoms with Crippen LogP contribution in [-0.4, -0.2) is 19.3 Å². The fourth-order valence-corrected chi connectivity index (χ4v) is 3.83. The third kappa shape index (κ3) is 5.41. The minimum absolute atomic E-state index is 0.347. The Labute approximate surface area is 168 Å². The van der Waals surface area contributed by atoms with Crippen molar-refractivity contribution in [2.24, 2.45) is 0 Å². The van der Waals surface area contributed by atoms with Crippen LogP contribution in [0.15, 0.2) is 48.5 Å². The first kappa shape index (κ1) is 20.5. The molecule has 0 radical (unpaired) electrons. The Morgan fingerprint density at radius 3 is 2.32 bits per heavy atom. The Bertz CT molecular complexity index is 881. The molecule has 28 heavy (non-hydrogen) atoms.